The van der Waals surface area contributed by atoms with Gasteiger partial charge in [-0.1, -0.05) is 19.4 Å². The van der Waals surface area contributed by atoms with E-state index in [9.17, 15) is 19.8 Å². The highest BCUT2D eigenvalue weighted by atomic mass is 35.5. The van der Waals surface area contributed by atoms with E-state index in [1.165, 1.54) is 5.57 Å². The number of Topliss-reactive ketones (excluding diaryl/α,β-unsaturated/α-hetero) is 1. The molecule has 0 aromatic carbocycles. The molecule has 0 aliphatic heterocycles. The number of halogens is 2. The Kier molecular flexibility index (Phi) is 6.59. The van der Waals surface area contributed by atoms with Crippen molar-refractivity contribution in [3.05, 3.63) is 11.6 Å². The Hall–Kier alpha value is -0.420. The summed E-state index contributed by atoms with van der Waals surface area (Å²) in [6.07, 6.45) is 7.75. The first kappa shape index (κ1) is 22.9. The molecular formula is C21H32Cl2O4. The quantitative estimate of drug-likeness (QED) is 0.667. The van der Waals surface area contributed by atoms with Gasteiger partial charge in [-0.25, -0.2) is 0 Å². The SMILES string of the molecule is C[C@]12CC[C@H]3[C@@H](CCC4=CC(=O)CC[C@@]43C)[C@@H]1CC[C@@H]2C(=O)C(O)O.Cl.Cl. The van der Waals surface area contributed by atoms with Gasteiger partial charge in [0.15, 0.2) is 11.6 Å². The Labute approximate surface area is 174 Å². The summed E-state index contributed by atoms with van der Waals surface area (Å²) in [7, 11) is 0. The Balaban J connectivity index is 0.00000131. The molecule has 3 fully saturated rings. The van der Waals surface area contributed by atoms with Crippen LogP contribution < -0.4 is 0 Å². The summed E-state index contributed by atoms with van der Waals surface area (Å²) in [4.78, 5) is 24.2. The molecule has 0 aromatic rings. The Morgan fingerprint density at radius 3 is 2.41 bits per heavy atom. The molecule has 3 saturated carbocycles. The van der Waals surface area contributed by atoms with Gasteiger partial charge in [0.25, 0.3) is 0 Å². The second kappa shape index (κ2) is 7.78. The molecular weight excluding hydrogens is 387 g/mol. The highest BCUT2D eigenvalue weighted by Gasteiger charge is 2.60. The third-order valence-electron chi connectivity index (χ3n) is 8.56. The summed E-state index contributed by atoms with van der Waals surface area (Å²) in [6, 6.07) is 0. The maximum atomic E-state index is 12.3. The van der Waals surface area contributed by atoms with Crippen molar-refractivity contribution in [3.8, 4) is 0 Å². The summed E-state index contributed by atoms with van der Waals surface area (Å²) in [5.74, 6) is 1.39. The van der Waals surface area contributed by atoms with Gasteiger partial charge < -0.3 is 10.2 Å². The van der Waals surface area contributed by atoms with E-state index in [0.29, 0.717) is 24.2 Å². The molecule has 6 heteroatoms. The number of aliphatic hydroxyl groups is 2. The van der Waals surface area contributed by atoms with Crippen LogP contribution in [-0.4, -0.2) is 28.1 Å². The molecule has 0 spiro atoms. The summed E-state index contributed by atoms with van der Waals surface area (Å²) in [5.41, 5.74) is 1.42. The van der Waals surface area contributed by atoms with Crippen LogP contribution in [0.2, 0.25) is 0 Å². The first-order valence-electron chi connectivity index (χ1n) is 9.91. The lowest BCUT2D eigenvalue weighted by Crippen LogP contribution is -2.51. The smallest absolute Gasteiger partial charge is 0.213 e. The van der Waals surface area contributed by atoms with E-state index in [1.807, 2.05) is 6.08 Å². The Morgan fingerprint density at radius 2 is 1.74 bits per heavy atom. The third kappa shape index (κ3) is 3.31. The summed E-state index contributed by atoms with van der Waals surface area (Å²) in [6.45, 7) is 4.57. The largest absolute Gasteiger partial charge is 0.362 e. The van der Waals surface area contributed by atoms with Gasteiger partial charge in [-0.3, -0.25) is 9.59 Å². The van der Waals surface area contributed by atoms with Crippen molar-refractivity contribution in [1.29, 1.82) is 0 Å². The highest BCUT2D eigenvalue weighted by Crippen LogP contribution is 2.66. The second-order valence-corrected chi connectivity index (χ2v) is 9.42. The van der Waals surface area contributed by atoms with Crippen molar-refractivity contribution in [2.24, 2.45) is 34.5 Å². The molecule has 6 atom stereocenters. The monoisotopic (exact) mass is 418 g/mol. The van der Waals surface area contributed by atoms with Gasteiger partial charge in [-0.05, 0) is 79.6 Å². The fraction of sp³-hybridized carbons (Fsp3) is 0.810. The number of hydrogen-bond donors (Lipinski definition) is 2. The average Bonchev–Trinajstić information content (AvgIpc) is 2.92. The number of ketones is 2. The number of allylic oxidation sites excluding steroid dienone is 1. The number of aliphatic hydroxyl groups excluding tert-OH is 1. The minimum Gasteiger partial charge on any atom is -0.362 e. The van der Waals surface area contributed by atoms with Crippen LogP contribution in [0.15, 0.2) is 11.6 Å². The van der Waals surface area contributed by atoms with E-state index < -0.39 is 6.29 Å². The zero-order valence-corrected chi connectivity index (χ0v) is 17.8. The van der Waals surface area contributed by atoms with Crippen LogP contribution in [0.5, 0.6) is 0 Å². The van der Waals surface area contributed by atoms with E-state index >= 15 is 0 Å². The lowest BCUT2D eigenvalue weighted by atomic mass is 9.46. The van der Waals surface area contributed by atoms with E-state index in [-0.39, 0.29) is 53.1 Å². The lowest BCUT2D eigenvalue weighted by Gasteiger charge is -2.58. The van der Waals surface area contributed by atoms with Gasteiger partial charge in [-0.15, -0.1) is 24.8 Å². The molecule has 4 aliphatic carbocycles. The topological polar surface area (TPSA) is 74.6 Å². The normalized spacial score (nSPS) is 42.9. The molecule has 154 valence electrons. The number of fused-ring (bicyclic) bond motifs is 5. The number of carbonyl (C=O) groups is 2. The van der Waals surface area contributed by atoms with Crippen molar-refractivity contribution < 1.29 is 19.8 Å². The Bertz CT molecular complexity index is 646. The molecule has 0 heterocycles. The van der Waals surface area contributed by atoms with E-state index in [1.54, 1.807) is 0 Å². The van der Waals surface area contributed by atoms with Gasteiger partial charge in [0, 0.05) is 12.3 Å². The van der Waals surface area contributed by atoms with E-state index in [2.05, 4.69) is 13.8 Å². The van der Waals surface area contributed by atoms with Gasteiger partial charge in [0.05, 0.1) is 0 Å². The molecule has 4 rings (SSSR count). The van der Waals surface area contributed by atoms with Crippen molar-refractivity contribution in [2.75, 3.05) is 0 Å². The number of hydrogen-bond acceptors (Lipinski definition) is 4. The van der Waals surface area contributed by atoms with Gasteiger partial charge in [-0.2, -0.15) is 0 Å². The third-order valence-corrected chi connectivity index (χ3v) is 8.56. The fourth-order valence-corrected chi connectivity index (χ4v) is 7.21. The van der Waals surface area contributed by atoms with Crippen molar-refractivity contribution >= 4 is 36.4 Å². The molecule has 0 unspecified atom stereocenters. The van der Waals surface area contributed by atoms with Gasteiger partial charge in [0.1, 0.15) is 0 Å². The van der Waals surface area contributed by atoms with Crippen LogP contribution in [0.25, 0.3) is 0 Å². The fourth-order valence-electron chi connectivity index (χ4n) is 7.21. The summed E-state index contributed by atoms with van der Waals surface area (Å²) >= 11 is 0. The molecule has 0 saturated heterocycles. The zero-order valence-electron chi connectivity index (χ0n) is 16.1. The Morgan fingerprint density at radius 1 is 1.04 bits per heavy atom. The maximum Gasteiger partial charge on any atom is 0.213 e. The minimum atomic E-state index is -1.83. The maximum absolute atomic E-state index is 12.3. The summed E-state index contributed by atoms with van der Waals surface area (Å²) in [5, 5.41) is 18.8. The van der Waals surface area contributed by atoms with Crippen LogP contribution in [-0.2, 0) is 9.59 Å². The molecule has 27 heavy (non-hydrogen) atoms. The first-order chi connectivity index (χ1) is 11.8. The molecule has 2 N–H and O–H groups in total. The van der Waals surface area contributed by atoms with Crippen LogP contribution in [0, 0.1) is 34.5 Å². The van der Waals surface area contributed by atoms with Crippen LogP contribution in [0.4, 0.5) is 0 Å². The minimum absolute atomic E-state index is 0. The molecule has 0 amide bonds. The summed E-state index contributed by atoms with van der Waals surface area (Å²) < 4.78 is 0. The molecule has 0 bridgehead atoms. The van der Waals surface area contributed by atoms with E-state index in [4.69, 9.17) is 0 Å². The predicted octanol–water partition coefficient (Wildman–Crippen LogP) is 3.86. The number of carbonyl (C=O) groups excluding carboxylic acids is 2. The molecule has 4 nitrogen and oxygen atoms in total. The zero-order chi connectivity index (χ0) is 18.0. The van der Waals surface area contributed by atoms with Crippen molar-refractivity contribution in [2.45, 2.75) is 71.5 Å². The van der Waals surface area contributed by atoms with E-state index in [0.717, 1.165) is 44.9 Å². The molecule has 0 aromatic heterocycles. The first-order valence-corrected chi connectivity index (χ1v) is 9.91. The highest BCUT2D eigenvalue weighted by molar-refractivity contribution is 5.91. The van der Waals surface area contributed by atoms with Gasteiger partial charge in [0.2, 0.25) is 6.29 Å². The second-order valence-electron chi connectivity index (χ2n) is 9.42. The standard InChI is InChI=1S/C21H30O4.2ClH/c1-20-9-7-13(22)11-12(20)3-4-14-15-5-6-17(18(23)19(24)25)21(15,2)10-8-16(14)20;;/h11,14-17,19,24-25H,3-10H2,1-2H3;2*1H/t14-,15-,16-,17+,20-,21-;;/m0../s1. The average molecular weight is 419 g/mol. The van der Waals surface area contributed by atoms with Crippen LogP contribution >= 0.6 is 24.8 Å². The lowest BCUT2D eigenvalue weighted by molar-refractivity contribution is -0.156. The molecule has 4 aliphatic rings. The van der Waals surface area contributed by atoms with Crippen LogP contribution in [0.1, 0.15) is 65.2 Å². The predicted molar refractivity (Wildman–Crippen MR) is 108 cm³/mol. The van der Waals surface area contributed by atoms with Crippen molar-refractivity contribution in [1.82, 2.24) is 0 Å². The molecule has 0 radical (unpaired) electrons. The van der Waals surface area contributed by atoms with Crippen molar-refractivity contribution in [3.63, 3.8) is 0 Å². The number of rotatable bonds is 2. The van der Waals surface area contributed by atoms with Crippen LogP contribution in [0.3, 0.4) is 0 Å². The van der Waals surface area contributed by atoms with Gasteiger partial charge >= 0.3 is 0 Å².